The van der Waals surface area contributed by atoms with E-state index >= 15 is 0 Å². The Morgan fingerprint density at radius 1 is 1.06 bits per heavy atom. The quantitative estimate of drug-likeness (QED) is 0.511. The predicted molar refractivity (Wildman–Crippen MR) is 78.5 cm³/mol. The van der Waals surface area contributed by atoms with Gasteiger partial charge >= 0.3 is 29.6 Å². The number of pyridine rings is 1. The van der Waals surface area contributed by atoms with Crippen LogP contribution in [-0.4, -0.2) is 34.5 Å². The van der Waals surface area contributed by atoms with E-state index in [4.69, 9.17) is 5.73 Å². The Morgan fingerprint density at radius 2 is 1.76 bits per heavy atom. The van der Waals surface area contributed by atoms with E-state index in [0.717, 1.165) is 26.0 Å². The van der Waals surface area contributed by atoms with Crippen LogP contribution in [0.5, 0.6) is 0 Å². The van der Waals surface area contributed by atoms with Gasteiger partial charge in [0.25, 0.3) is 0 Å². The number of halogens is 1. The summed E-state index contributed by atoms with van der Waals surface area (Å²) in [6.45, 7) is 0. The van der Waals surface area contributed by atoms with Crippen molar-refractivity contribution in [3.8, 4) is 0 Å². The third-order valence-corrected chi connectivity index (χ3v) is 3.40. The van der Waals surface area contributed by atoms with Gasteiger partial charge < -0.3 is 5.73 Å². The molecule has 2 N–H and O–H groups in total. The van der Waals surface area contributed by atoms with Crippen molar-refractivity contribution in [2.45, 2.75) is 0 Å². The van der Waals surface area contributed by atoms with Crippen LogP contribution in [0.3, 0.4) is 0 Å². The third kappa shape index (κ3) is 2.08. The van der Waals surface area contributed by atoms with Crippen molar-refractivity contribution in [3.05, 3.63) is 47.1 Å². The summed E-state index contributed by atoms with van der Waals surface area (Å²) in [5, 5.41) is 4.44. The topological polar surface area (TPSA) is 38.9 Å². The summed E-state index contributed by atoms with van der Waals surface area (Å²) in [6.07, 6.45) is 1.74. The first-order valence-electron chi connectivity index (χ1n) is 4.99. The van der Waals surface area contributed by atoms with Gasteiger partial charge in [-0.05, 0) is 28.3 Å². The summed E-state index contributed by atoms with van der Waals surface area (Å²) in [5.74, 6) is 0.584. The molecule has 3 aromatic rings. The van der Waals surface area contributed by atoms with Gasteiger partial charge in [-0.2, -0.15) is 0 Å². The molecule has 0 bridgehead atoms. The number of nitrogens with zero attached hydrogens (tertiary/aromatic N) is 1. The van der Waals surface area contributed by atoms with Crippen molar-refractivity contribution in [2.24, 2.45) is 0 Å². The average Bonchev–Trinajstić information content (AvgIpc) is 2.29. The van der Waals surface area contributed by atoms with Crippen LogP contribution < -0.4 is 5.73 Å². The Morgan fingerprint density at radius 3 is 2.53 bits per heavy atom. The SMILES string of the molecule is Nc1nccc2cc(Br)c3ccccc3c12.[NaH]. The van der Waals surface area contributed by atoms with Gasteiger partial charge in [0.1, 0.15) is 5.82 Å². The summed E-state index contributed by atoms with van der Waals surface area (Å²) in [6, 6.07) is 12.2. The number of anilines is 1. The Labute approximate surface area is 130 Å². The second kappa shape index (κ2) is 4.94. The van der Waals surface area contributed by atoms with Gasteiger partial charge in [0.05, 0.1) is 0 Å². The molecule has 0 radical (unpaired) electrons. The van der Waals surface area contributed by atoms with Gasteiger partial charge in [-0.15, -0.1) is 0 Å². The molecule has 4 heteroatoms. The maximum absolute atomic E-state index is 5.95. The monoisotopic (exact) mass is 296 g/mol. The molecule has 1 aromatic heterocycles. The summed E-state index contributed by atoms with van der Waals surface area (Å²) in [5.41, 5.74) is 5.95. The zero-order valence-electron chi connectivity index (χ0n) is 8.44. The van der Waals surface area contributed by atoms with Crippen molar-refractivity contribution in [2.75, 3.05) is 5.73 Å². The molecule has 2 nitrogen and oxygen atoms in total. The first-order valence-corrected chi connectivity index (χ1v) is 5.78. The van der Waals surface area contributed by atoms with Gasteiger partial charge in [0.15, 0.2) is 0 Å². The normalized spacial score (nSPS) is 10.4. The van der Waals surface area contributed by atoms with E-state index < -0.39 is 0 Å². The second-order valence-corrected chi connectivity index (χ2v) is 4.55. The van der Waals surface area contributed by atoms with Crippen molar-refractivity contribution in [1.29, 1.82) is 0 Å². The fourth-order valence-corrected chi connectivity index (χ4v) is 2.62. The van der Waals surface area contributed by atoms with E-state index in [1.165, 1.54) is 0 Å². The van der Waals surface area contributed by atoms with Crippen LogP contribution in [0.1, 0.15) is 0 Å². The van der Waals surface area contributed by atoms with Crippen LogP contribution in [0.15, 0.2) is 47.1 Å². The molecule has 2 aromatic carbocycles. The third-order valence-electron chi connectivity index (χ3n) is 2.75. The number of benzene rings is 2. The minimum absolute atomic E-state index is 0. The Hall–Kier alpha value is -0.610. The van der Waals surface area contributed by atoms with Crippen LogP contribution in [-0.2, 0) is 0 Å². The fraction of sp³-hybridized carbons (Fsp3) is 0. The summed E-state index contributed by atoms with van der Waals surface area (Å²) >= 11 is 3.58. The van der Waals surface area contributed by atoms with Gasteiger partial charge in [0.2, 0.25) is 0 Å². The molecule has 0 saturated carbocycles. The number of nitrogen functional groups attached to an aromatic ring is 1. The summed E-state index contributed by atoms with van der Waals surface area (Å²) in [4.78, 5) is 4.15. The van der Waals surface area contributed by atoms with Crippen LogP contribution in [0.4, 0.5) is 5.82 Å². The Bertz CT molecular complexity index is 697. The standard InChI is InChI=1S/C13H9BrN2.Na.H/c14-11-7-8-5-6-16-13(15)12(8)10-4-2-1-3-9(10)11;;/h1-7H,(H2,15,16);;. The molecule has 80 valence electrons. The Kier molecular flexibility index (Phi) is 3.73. The molecule has 0 aliphatic heterocycles. The predicted octanol–water partition coefficient (Wildman–Crippen LogP) is 3.08. The van der Waals surface area contributed by atoms with Gasteiger partial charge in [-0.25, -0.2) is 4.98 Å². The van der Waals surface area contributed by atoms with Crippen LogP contribution >= 0.6 is 15.9 Å². The zero-order valence-corrected chi connectivity index (χ0v) is 10.0. The van der Waals surface area contributed by atoms with Crippen molar-refractivity contribution in [1.82, 2.24) is 4.98 Å². The molecular weight excluding hydrogens is 287 g/mol. The molecule has 1 heterocycles. The van der Waals surface area contributed by atoms with Crippen molar-refractivity contribution in [3.63, 3.8) is 0 Å². The first kappa shape index (κ1) is 12.8. The molecule has 3 rings (SSSR count). The molecule has 0 fully saturated rings. The van der Waals surface area contributed by atoms with Crippen molar-refractivity contribution < 1.29 is 0 Å². The van der Waals surface area contributed by atoms with E-state index in [9.17, 15) is 0 Å². The van der Waals surface area contributed by atoms with Gasteiger partial charge in [0, 0.05) is 16.1 Å². The molecule has 17 heavy (non-hydrogen) atoms. The number of hydrogen-bond donors (Lipinski definition) is 1. The first-order chi connectivity index (χ1) is 7.77. The number of fused-ring (bicyclic) bond motifs is 3. The molecule has 0 aliphatic rings. The van der Waals surface area contributed by atoms with Crippen LogP contribution in [0.25, 0.3) is 21.5 Å². The van der Waals surface area contributed by atoms with Gasteiger partial charge in [-0.1, -0.05) is 40.2 Å². The van der Waals surface area contributed by atoms with Crippen molar-refractivity contribution >= 4 is 72.8 Å². The number of rotatable bonds is 0. The second-order valence-electron chi connectivity index (χ2n) is 3.70. The molecule has 0 atom stereocenters. The molecule has 0 unspecified atom stereocenters. The van der Waals surface area contributed by atoms with E-state index in [2.05, 4.69) is 39.1 Å². The molecule has 0 spiro atoms. The van der Waals surface area contributed by atoms with Crippen LogP contribution in [0, 0.1) is 0 Å². The summed E-state index contributed by atoms with van der Waals surface area (Å²) < 4.78 is 1.08. The molecule has 0 amide bonds. The molecule has 0 saturated heterocycles. The van der Waals surface area contributed by atoms with E-state index in [0.29, 0.717) is 5.82 Å². The minimum atomic E-state index is 0. The zero-order chi connectivity index (χ0) is 11.1. The molecular formula is C13H10BrN2Na. The number of hydrogen-bond acceptors (Lipinski definition) is 2. The average molecular weight is 297 g/mol. The fourth-order valence-electron chi connectivity index (χ4n) is 2.03. The number of aromatic nitrogens is 1. The van der Waals surface area contributed by atoms with E-state index in [1.54, 1.807) is 6.20 Å². The summed E-state index contributed by atoms with van der Waals surface area (Å²) in [7, 11) is 0. The number of nitrogens with two attached hydrogens (primary N) is 1. The van der Waals surface area contributed by atoms with E-state index in [-0.39, 0.29) is 29.6 Å². The van der Waals surface area contributed by atoms with Gasteiger partial charge in [-0.3, -0.25) is 0 Å². The molecule has 0 aliphatic carbocycles. The maximum atomic E-state index is 5.95. The van der Waals surface area contributed by atoms with Crippen LogP contribution in [0.2, 0.25) is 0 Å². The van der Waals surface area contributed by atoms with E-state index in [1.807, 2.05) is 18.2 Å². The Balaban J connectivity index is 0.00000108.